The van der Waals surface area contributed by atoms with Crippen molar-refractivity contribution in [2.75, 3.05) is 6.54 Å². The number of nitrogens with zero attached hydrogens (tertiary/aromatic N) is 2. The molecule has 0 amide bonds. The molecule has 0 spiro atoms. The van der Waals surface area contributed by atoms with Crippen molar-refractivity contribution in [3.63, 3.8) is 0 Å². The first-order chi connectivity index (χ1) is 10.8. The Morgan fingerprint density at radius 3 is 2.95 bits per heavy atom. The quantitative estimate of drug-likeness (QED) is 0.723. The molecule has 0 radical (unpaired) electrons. The summed E-state index contributed by atoms with van der Waals surface area (Å²) in [6.45, 7) is 4.98. The van der Waals surface area contributed by atoms with Crippen molar-refractivity contribution in [3.05, 3.63) is 63.7 Å². The summed E-state index contributed by atoms with van der Waals surface area (Å²) in [6, 6.07) is 12.3. The van der Waals surface area contributed by atoms with Crippen molar-refractivity contribution in [1.82, 2.24) is 9.88 Å². The normalized spacial score (nSPS) is 15.0. The topological polar surface area (TPSA) is 29.3 Å². The summed E-state index contributed by atoms with van der Waals surface area (Å²) in [6.07, 6.45) is 1.15. The Bertz CT molecular complexity index is 775. The minimum atomic E-state index is 0.723. The van der Waals surface area contributed by atoms with E-state index in [4.69, 9.17) is 9.40 Å². The fourth-order valence-corrected chi connectivity index (χ4v) is 3.82. The molecule has 1 aromatic carbocycles. The molecule has 4 heteroatoms. The third-order valence-electron chi connectivity index (χ3n) is 4.17. The van der Waals surface area contributed by atoms with Crippen LogP contribution in [-0.4, -0.2) is 16.4 Å². The van der Waals surface area contributed by atoms with E-state index < -0.39 is 0 Å². The van der Waals surface area contributed by atoms with E-state index in [2.05, 4.69) is 16.3 Å². The average Bonchev–Trinajstić information content (AvgIpc) is 3.15. The van der Waals surface area contributed by atoms with Crippen LogP contribution >= 0.6 is 11.3 Å². The molecular formula is C18H18N2OS. The Kier molecular flexibility index (Phi) is 3.56. The Morgan fingerprint density at radius 2 is 2.09 bits per heavy atom. The predicted molar refractivity (Wildman–Crippen MR) is 88.8 cm³/mol. The van der Waals surface area contributed by atoms with Crippen molar-refractivity contribution >= 4 is 11.3 Å². The molecule has 112 valence electrons. The molecule has 0 saturated heterocycles. The zero-order valence-electron chi connectivity index (χ0n) is 12.6. The van der Waals surface area contributed by atoms with E-state index in [9.17, 15) is 0 Å². The van der Waals surface area contributed by atoms with Gasteiger partial charge in [-0.2, -0.15) is 0 Å². The summed E-state index contributed by atoms with van der Waals surface area (Å²) >= 11 is 1.88. The van der Waals surface area contributed by atoms with Crippen molar-refractivity contribution in [2.24, 2.45) is 0 Å². The molecular weight excluding hydrogens is 292 g/mol. The van der Waals surface area contributed by atoms with E-state index in [1.54, 1.807) is 0 Å². The van der Waals surface area contributed by atoms with E-state index in [0.717, 1.165) is 49.0 Å². The lowest BCUT2D eigenvalue weighted by atomic mass is 10.1. The van der Waals surface area contributed by atoms with Crippen LogP contribution in [0.5, 0.6) is 0 Å². The molecule has 0 fully saturated rings. The predicted octanol–water partition coefficient (Wildman–Crippen LogP) is 4.27. The largest absolute Gasteiger partial charge is 0.441 e. The Hall–Kier alpha value is -1.91. The van der Waals surface area contributed by atoms with Gasteiger partial charge in [-0.15, -0.1) is 11.3 Å². The number of hydrogen-bond acceptors (Lipinski definition) is 4. The second kappa shape index (κ2) is 5.71. The van der Waals surface area contributed by atoms with E-state index in [0.29, 0.717) is 0 Å². The third-order valence-corrected chi connectivity index (χ3v) is 5.20. The zero-order valence-corrected chi connectivity index (χ0v) is 13.4. The van der Waals surface area contributed by atoms with Crippen LogP contribution in [0.4, 0.5) is 0 Å². The fourth-order valence-electron chi connectivity index (χ4n) is 2.93. The van der Waals surface area contributed by atoms with Gasteiger partial charge in [0.1, 0.15) is 5.76 Å². The SMILES string of the molecule is Cc1oc(-c2ccccc2)nc1CN1CCc2sccc2C1. The summed E-state index contributed by atoms with van der Waals surface area (Å²) in [4.78, 5) is 8.70. The molecule has 0 aliphatic carbocycles. The van der Waals surface area contributed by atoms with E-state index >= 15 is 0 Å². The van der Waals surface area contributed by atoms with Gasteiger partial charge in [0.2, 0.25) is 5.89 Å². The summed E-state index contributed by atoms with van der Waals surface area (Å²) in [7, 11) is 0. The van der Waals surface area contributed by atoms with Crippen LogP contribution in [0, 0.1) is 6.92 Å². The van der Waals surface area contributed by atoms with Gasteiger partial charge in [-0.1, -0.05) is 18.2 Å². The van der Waals surface area contributed by atoms with Crippen molar-refractivity contribution in [1.29, 1.82) is 0 Å². The summed E-state index contributed by atoms with van der Waals surface area (Å²) < 4.78 is 5.86. The lowest BCUT2D eigenvalue weighted by Crippen LogP contribution is -2.29. The van der Waals surface area contributed by atoms with Gasteiger partial charge in [-0.3, -0.25) is 4.90 Å². The number of benzene rings is 1. The minimum Gasteiger partial charge on any atom is -0.441 e. The van der Waals surface area contributed by atoms with Gasteiger partial charge in [0, 0.05) is 30.1 Å². The highest BCUT2D eigenvalue weighted by Crippen LogP contribution is 2.27. The van der Waals surface area contributed by atoms with Crippen LogP contribution in [0.15, 0.2) is 46.2 Å². The van der Waals surface area contributed by atoms with Crippen LogP contribution < -0.4 is 0 Å². The highest BCUT2D eigenvalue weighted by Gasteiger charge is 2.20. The number of rotatable bonds is 3. The Morgan fingerprint density at radius 1 is 1.23 bits per heavy atom. The number of aryl methyl sites for hydroxylation is 1. The van der Waals surface area contributed by atoms with Crippen molar-refractivity contribution in [2.45, 2.75) is 26.4 Å². The van der Waals surface area contributed by atoms with Gasteiger partial charge in [-0.05, 0) is 42.5 Å². The van der Waals surface area contributed by atoms with Crippen LogP contribution in [-0.2, 0) is 19.5 Å². The van der Waals surface area contributed by atoms with Crippen molar-refractivity contribution < 1.29 is 4.42 Å². The number of aromatic nitrogens is 1. The average molecular weight is 310 g/mol. The highest BCUT2D eigenvalue weighted by molar-refractivity contribution is 7.10. The van der Waals surface area contributed by atoms with Crippen LogP contribution in [0.3, 0.4) is 0 Å². The fraction of sp³-hybridized carbons (Fsp3) is 0.278. The molecule has 4 rings (SSSR count). The molecule has 0 unspecified atom stereocenters. The van der Waals surface area contributed by atoms with Gasteiger partial charge in [0.15, 0.2) is 0 Å². The molecule has 3 nitrogen and oxygen atoms in total. The number of hydrogen-bond donors (Lipinski definition) is 0. The Balaban J connectivity index is 1.53. The van der Waals surface area contributed by atoms with E-state index in [-0.39, 0.29) is 0 Å². The van der Waals surface area contributed by atoms with Gasteiger partial charge >= 0.3 is 0 Å². The summed E-state index contributed by atoms with van der Waals surface area (Å²) in [5.74, 6) is 1.65. The molecule has 2 aromatic heterocycles. The van der Waals surface area contributed by atoms with Crippen LogP contribution in [0.2, 0.25) is 0 Å². The first kappa shape index (κ1) is 13.7. The van der Waals surface area contributed by atoms with Gasteiger partial charge in [-0.25, -0.2) is 4.98 Å². The maximum Gasteiger partial charge on any atom is 0.226 e. The van der Waals surface area contributed by atoms with Crippen molar-refractivity contribution in [3.8, 4) is 11.5 Å². The maximum absolute atomic E-state index is 5.86. The number of oxazole rings is 1. The molecule has 3 heterocycles. The van der Waals surface area contributed by atoms with E-state index in [1.807, 2.05) is 48.6 Å². The van der Waals surface area contributed by atoms with Crippen LogP contribution in [0.25, 0.3) is 11.5 Å². The van der Waals surface area contributed by atoms with Gasteiger partial charge < -0.3 is 4.42 Å². The number of thiophene rings is 1. The first-order valence-corrected chi connectivity index (χ1v) is 8.47. The molecule has 3 aromatic rings. The van der Waals surface area contributed by atoms with Gasteiger partial charge in [0.05, 0.1) is 5.69 Å². The molecule has 0 N–H and O–H groups in total. The highest BCUT2D eigenvalue weighted by atomic mass is 32.1. The number of fused-ring (bicyclic) bond motifs is 1. The molecule has 1 aliphatic rings. The first-order valence-electron chi connectivity index (χ1n) is 7.59. The standard InChI is InChI=1S/C18H18N2OS/c1-13-16(19-18(21-13)14-5-3-2-4-6-14)12-20-9-7-17-15(11-20)8-10-22-17/h2-6,8,10H,7,9,11-12H2,1H3. The van der Waals surface area contributed by atoms with E-state index in [1.165, 1.54) is 10.4 Å². The Labute approximate surface area is 134 Å². The second-order valence-electron chi connectivity index (χ2n) is 5.72. The van der Waals surface area contributed by atoms with Gasteiger partial charge in [0.25, 0.3) is 0 Å². The monoisotopic (exact) mass is 310 g/mol. The maximum atomic E-state index is 5.86. The molecule has 0 atom stereocenters. The minimum absolute atomic E-state index is 0.723. The molecule has 1 aliphatic heterocycles. The lowest BCUT2D eigenvalue weighted by Gasteiger charge is -2.25. The smallest absolute Gasteiger partial charge is 0.226 e. The zero-order chi connectivity index (χ0) is 14.9. The summed E-state index contributed by atoms with van der Waals surface area (Å²) in [5, 5.41) is 2.20. The molecule has 22 heavy (non-hydrogen) atoms. The third kappa shape index (κ3) is 2.60. The lowest BCUT2D eigenvalue weighted by molar-refractivity contribution is 0.243. The second-order valence-corrected chi connectivity index (χ2v) is 6.72. The summed E-state index contributed by atoms with van der Waals surface area (Å²) in [5.41, 5.74) is 3.56. The van der Waals surface area contributed by atoms with Crippen LogP contribution in [0.1, 0.15) is 21.9 Å². The molecule has 0 bridgehead atoms. The molecule has 0 saturated carbocycles.